The number of esters is 2. The van der Waals surface area contributed by atoms with Crippen LogP contribution in [0.15, 0.2) is 57.4 Å². The molecule has 0 unspecified atom stereocenters. The van der Waals surface area contributed by atoms with Gasteiger partial charge in [-0.2, -0.15) is 24.4 Å². The molecule has 0 aliphatic heterocycles. The molecular formula is C38H47ClN2O6S2. The third-order valence-corrected chi connectivity index (χ3v) is 10.8. The first-order valence-electron chi connectivity index (χ1n) is 16.9. The predicted octanol–water partition coefficient (Wildman–Crippen LogP) is 10.4. The topological polar surface area (TPSA) is 105 Å². The Kier molecular flexibility index (Phi) is 15.6. The molecule has 0 atom stereocenters. The van der Waals surface area contributed by atoms with Gasteiger partial charge in [0, 0.05) is 27.4 Å². The fourth-order valence-electron chi connectivity index (χ4n) is 5.60. The van der Waals surface area contributed by atoms with Crippen LogP contribution in [0.25, 0.3) is 22.9 Å². The molecule has 2 heterocycles. The standard InChI is InChI=1S/C19H23NO3S.C13H12ClNO3.C6H12S/c1-13-17(12-24-16-6-4-3-5-7-16)20-18(23-13)14-8-10-15(11-9-14)19(21)22-2;1-8-11(7-14)15-12(18-8)9-3-5-10(6-4-9)13(16)17-2;7-6-4-2-1-3-5-6/h8-11,16H,3-7,12H2,1-2H3;3-6H,7H2,1-2H3;6-7H,1-5H2. The molecule has 2 aliphatic rings. The highest BCUT2D eigenvalue weighted by molar-refractivity contribution is 7.99. The van der Waals surface area contributed by atoms with Gasteiger partial charge in [0.1, 0.15) is 11.5 Å². The number of thioether (sulfide) groups is 1. The Morgan fingerprint density at radius 1 is 0.735 bits per heavy atom. The molecule has 264 valence electrons. The number of thiol groups is 1. The van der Waals surface area contributed by atoms with Gasteiger partial charge < -0.3 is 18.3 Å². The minimum absolute atomic E-state index is 0.315. The Labute approximate surface area is 304 Å². The van der Waals surface area contributed by atoms with Crippen LogP contribution in [0.5, 0.6) is 0 Å². The van der Waals surface area contributed by atoms with Crippen molar-refractivity contribution in [1.82, 2.24) is 9.97 Å². The summed E-state index contributed by atoms with van der Waals surface area (Å²) < 4.78 is 20.7. The number of methoxy groups -OCH3 is 2. The lowest BCUT2D eigenvalue weighted by atomic mass is 10.0. The number of alkyl halides is 1. The van der Waals surface area contributed by atoms with E-state index in [0.29, 0.717) is 34.5 Å². The first-order valence-corrected chi connectivity index (χ1v) is 19.0. The fraction of sp³-hybridized carbons (Fsp3) is 0.474. The SMILES string of the molecule is COC(=O)c1ccc(-c2nc(CCl)c(C)o2)cc1.COC(=O)c1ccc(-c2nc(CSC3CCCCC3)c(C)o2)cc1.SC1CCCCC1. The van der Waals surface area contributed by atoms with Crippen molar-refractivity contribution in [3.05, 3.63) is 82.6 Å². The summed E-state index contributed by atoms with van der Waals surface area (Å²) in [7, 11) is 2.73. The van der Waals surface area contributed by atoms with Gasteiger partial charge >= 0.3 is 11.9 Å². The van der Waals surface area contributed by atoms with Gasteiger partial charge in [-0.25, -0.2) is 19.6 Å². The van der Waals surface area contributed by atoms with Crippen molar-refractivity contribution in [3.8, 4) is 22.9 Å². The Morgan fingerprint density at radius 3 is 1.55 bits per heavy atom. The van der Waals surface area contributed by atoms with Crippen molar-refractivity contribution < 1.29 is 27.9 Å². The number of hydrogen-bond acceptors (Lipinski definition) is 10. The van der Waals surface area contributed by atoms with E-state index in [0.717, 1.165) is 44.5 Å². The smallest absolute Gasteiger partial charge is 0.337 e. The summed E-state index contributed by atoms with van der Waals surface area (Å²) in [5.41, 5.74) is 4.43. The summed E-state index contributed by atoms with van der Waals surface area (Å²) in [5, 5.41) is 1.49. The third-order valence-electron chi connectivity index (χ3n) is 8.60. The van der Waals surface area contributed by atoms with Gasteiger partial charge in [-0.1, -0.05) is 38.5 Å². The normalized spacial score (nSPS) is 15.0. The molecule has 2 aromatic carbocycles. The Bertz CT molecular complexity index is 1610. The molecule has 2 aromatic heterocycles. The zero-order valence-corrected chi connectivity index (χ0v) is 31.3. The van der Waals surface area contributed by atoms with Gasteiger partial charge in [0.2, 0.25) is 11.8 Å². The average Bonchev–Trinajstić information content (AvgIpc) is 3.72. The number of ether oxygens (including phenoxy) is 2. The summed E-state index contributed by atoms with van der Waals surface area (Å²) in [4.78, 5) is 31.7. The second-order valence-corrected chi connectivity index (χ2v) is 14.5. The molecule has 0 N–H and O–H groups in total. The molecule has 11 heteroatoms. The van der Waals surface area contributed by atoms with E-state index in [1.54, 1.807) is 36.4 Å². The van der Waals surface area contributed by atoms with Crippen molar-refractivity contribution in [2.24, 2.45) is 0 Å². The highest BCUT2D eigenvalue weighted by atomic mass is 35.5. The molecule has 2 aliphatic carbocycles. The largest absolute Gasteiger partial charge is 0.465 e. The van der Waals surface area contributed by atoms with E-state index < -0.39 is 0 Å². The maximum Gasteiger partial charge on any atom is 0.337 e. The molecule has 49 heavy (non-hydrogen) atoms. The van der Waals surface area contributed by atoms with Gasteiger partial charge in [0.15, 0.2) is 0 Å². The Balaban J connectivity index is 0.000000189. The molecule has 4 aromatic rings. The minimum atomic E-state index is -0.369. The van der Waals surface area contributed by atoms with Crippen LogP contribution < -0.4 is 0 Å². The number of aromatic nitrogens is 2. The maximum absolute atomic E-state index is 11.5. The van der Waals surface area contributed by atoms with Crippen LogP contribution in [0.4, 0.5) is 0 Å². The number of carbonyl (C=O) groups is 2. The average molecular weight is 727 g/mol. The quantitative estimate of drug-likeness (QED) is 0.108. The molecule has 6 rings (SSSR count). The van der Waals surface area contributed by atoms with Crippen molar-refractivity contribution in [1.29, 1.82) is 0 Å². The Morgan fingerprint density at radius 2 is 1.16 bits per heavy atom. The summed E-state index contributed by atoms with van der Waals surface area (Å²) >= 11 is 12.1. The second-order valence-electron chi connectivity index (χ2n) is 12.2. The van der Waals surface area contributed by atoms with Gasteiger partial charge in [-0.15, -0.1) is 11.6 Å². The molecule has 8 nitrogen and oxygen atoms in total. The van der Waals surface area contributed by atoms with Crippen molar-refractivity contribution in [2.75, 3.05) is 14.2 Å². The lowest BCUT2D eigenvalue weighted by molar-refractivity contribution is 0.0592. The van der Waals surface area contributed by atoms with Gasteiger partial charge in [-0.05, 0) is 88.1 Å². The summed E-state index contributed by atoms with van der Waals surface area (Å²) in [6.07, 6.45) is 13.7. The van der Waals surface area contributed by atoms with Crippen molar-refractivity contribution in [2.45, 2.75) is 100 Å². The molecule has 0 bridgehead atoms. The molecule has 0 amide bonds. The summed E-state index contributed by atoms with van der Waals surface area (Å²) in [6.45, 7) is 3.78. The zero-order chi connectivity index (χ0) is 35.2. The highest BCUT2D eigenvalue weighted by Gasteiger charge is 2.18. The molecule has 0 radical (unpaired) electrons. The van der Waals surface area contributed by atoms with E-state index in [4.69, 9.17) is 25.2 Å². The molecule has 0 saturated heterocycles. The number of hydrogen-bond donors (Lipinski definition) is 1. The number of nitrogens with zero attached hydrogens (tertiary/aromatic N) is 2. The molecule has 2 fully saturated rings. The van der Waals surface area contributed by atoms with Crippen LogP contribution in [-0.2, 0) is 21.1 Å². The fourth-order valence-corrected chi connectivity index (χ4v) is 7.55. The summed E-state index contributed by atoms with van der Waals surface area (Å²) in [6, 6.07) is 14.0. The predicted molar refractivity (Wildman–Crippen MR) is 200 cm³/mol. The van der Waals surface area contributed by atoms with Gasteiger partial charge in [-0.3, -0.25) is 0 Å². The number of oxazole rings is 2. The zero-order valence-electron chi connectivity index (χ0n) is 28.8. The molecule has 0 spiro atoms. The number of halogens is 1. The first kappa shape index (κ1) is 38.6. The second kappa shape index (κ2) is 19.8. The van der Waals surface area contributed by atoms with Crippen LogP contribution in [0, 0.1) is 13.8 Å². The molecule has 2 saturated carbocycles. The van der Waals surface area contributed by atoms with Crippen molar-refractivity contribution >= 4 is 47.9 Å². The van der Waals surface area contributed by atoms with E-state index in [9.17, 15) is 9.59 Å². The lowest BCUT2D eigenvalue weighted by Gasteiger charge is -2.20. The van der Waals surface area contributed by atoms with Crippen LogP contribution in [-0.4, -0.2) is 46.6 Å². The van der Waals surface area contributed by atoms with E-state index in [1.165, 1.54) is 78.4 Å². The van der Waals surface area contributed by atoms with E-state index in [-0.39, 0.29) is 11.9 Å². The third kappa shape index (κ3) is 11.7. The minimum Gasteiger partial charge on any atom is -0.465 e. The monoisotopic (exact) mass is 726 g/mol. The van der Waals surface area contributed by atoms with Crippen LogP contribution in [0.2, 0.25) is 0 Å². The van der Waals surface area contributed by atoms with Crippen LogP contribution in [0.3, 0.4) is 0 Å². The van der Waals surface area contributed by atoms with E-state index in [2.05, 4.69) is 27.3 Å². The van der Waals surface area contributed by atoms with Gasteiger partial charge in [0.05, 0.1) is 42.6 Å². The summed E-state index contributed by atoms with van der Waals surface area (Å²) in [5.74, 6) is 3.21. The lowest BCUT2D eigenvalue weighted by Crippen LogP contribution is -2.08. The number of aryl methyl sites for hydroxylation is 2. The number of benzene rings is 2. The molecular weight excluding hydrogens is 680 g/mol. The van der Waals surface area contributed by atoms with Crippen molar-refractivity contribution in [3.63, 3.8) is 0 Å². The van der Waals surface area contributed by atoms with E-state index >= 15 is 0 Å². The van der Waals surface area contributed by atoms with E-state index in [1.807, 2.05) is 37.7 Å². The van der Waals surface area contributed by atoms with Crippen LogP contribution in [0.1, 0.15) is 108 Å². The maximum atomic E-state index is 11.5. The highest BCUT2D eigenvalue weighted by Crippen LogP contribution is 2.32. The van der Waals surface area contributed by atoms with Gasteiger partial charge in [0.25, 0.3) is 0 Å². The Hall–Kier alpha value is -3.21. The number of carbonyl (C=O) groups excluding carboxylic acids is 2. The first-order chi connectivity index (χ1) is 23.7. The number of rotatable bonds is 8. The van der Waals surface area contributed by atoms with Crippen LogP contribution >= 0.6 is 36.0 Å².